The van der Waals surface area contributed by atoms with Gasteiger partial charge in [-0.25, -0.2) is 4.99 Å². The van der Waals surface area contributed by atoms with E-state index in [2.05, 4.69) is 15.2 Å². The molecule has 0 aliphatic heterocycles. The molecule has 44 heavy (non-hydrogen) atoms. The van der Waals surface area contributed by atoms with Crippen LogP contribution in [-0.2, 0) is 0 Å². The number of fused-ring (bicyclic) bond motifs is 4. The fraction of sp³-hybridized carbons (Fsp3) is 0.0909. The minimum Gasteiger partial charge on any atom is -0.329 e. The number of aryl methyl sites for hydroxylation is 1. The van der Waals surface area contributed by atoms with Crippen LogP contribution in [0.4, 0.5) is 28.7 Å². The van der Waals surface area contributed by atoms with Gasteiger partial charge in [0.2, 0.25) is 5.62 Å². The molecule has 4 aromatic carbocycles. The van der Waals surface area contributed by atoms with Crippen LogP contribution in [0.15, 0.2) is 102 Å². The van der Waals surface area contributed by atoms with Gasteiger partial charge in [0.15, 0.2) is 0 Å². The fourth-order valence-electron chi connectivity index (χ4n) is 5.31. The smallest absolute Gasteiger partial charge is 0.257 e. The summed E-state index contributed by atoms with van der Waals surface area (Å²) < 4.78 is 3.57. The van der Waals surface area contributed by atoms with Gasteiger partial charge in [-0.2, -0.15) is 9.97 Å². The summed E-state index contributed by atoms with van der Waals surface area (Å²) in [5, 5.41) is 19.6. The van der Waals surface area contributed by atoms with Crippen molar-refractivity contribution < 1.29 is 0 Å². The molecule has 0 amide bonds. The van der Waals surface area contributed by atoms with E-state index in [1.807, 2.05) is 126 Å². The number of hydrogen-bond acceptors (Lipinski definition) is 8. The number of benzene rings is 4. The monoisotopic (exact) mass is 598 g/mol. The molecule has 7 rings (SSSR count). The number of halogens is 1. The Labute approximate surface area is 257 Å². The van der Waals surface area contributed by atoms with Crippen molar-refractivity contribution in [1.82, 2.24) is 29.1 Å². The zero-order valence-corrected chi connectivity index (χ0v) is 25.0. The zero-order chi connectivity index (χ0) is 30.4. The highest BCUT2D eigenvalue weighted by molar-refractivity contribution is 6.30. The fourth-order valence-corrected chi connectivity index (χ4v) is 5.43. The van der Waals surface area contributed by atoms with Gasteiger partial charge in [0.05, 0.1) is 16.7 Å². The molecule has 0 aliphatic carbocycles. The molecule has 0 unspecified atom stereocenters. The van der Waals surface area contributed by atoms with Crippen LogP contribution in [-0.4, -0.2) is 49.6 Å². The van der Waals surface area contributed by atoms with Crippen molar-refractivity contribution in [2.45, 2.75) is 6.92 Å². The normalized spacial score (nSPS) is 11.6. The lowest BCUT2D eigenvalue weighted by molar-refractivity contribution is 0.918. The molecule has 0 atom stereocenters. The summed E-state index contributed by atoms with van der Waals surface area (Å²) in [6.07, 6.45) is 3.33. The molecular formula is C33H27ClN10. The maximum atomic E-state index is 8.84. The van der Waals surface area contributed by atoms with E-state index >= 15 is 0 Å². The Morgan fingerprint density at radius 2 is 1.43 bits per heavy atom. The largest absolute Gasteiger partial charge is 0.329 e. The molecule has 3 heterocycles. The second-order valence-electron chi connectivity index (χ2n) is 10.4. The molecular weight excluding hydrogens is 572 g/mol. The van der Waals surface area contributed by atoms with Gasteiger partial charge < -0.3 is 9.80 Å². The first-order chi connectivity index (χ1) is 21.4. The van der Waals surface area contributed by atoms with Gasteiger partial charge in [-0.05, 0) is 73.2 Å². The minimum absolute atomic E-state index is 0.0615. The highest BCUT2D eigenvalue weighted by Gasteiger charge is 2.16. The number of anilines is 4. The van der Waals surface area contributed by atoms with E-state index < -0.39 is 0 Å². The SMILES string of the molecule is Cc1ccc(N(C)c2nc3nncn3c3ccccc23)cc1/N=C/n1c(=N)nc(N(C)c2ccc(Cl)cc2)c2ccccc21. The Hall–Kier alpha value is -5.61. The van der Waals surface area contributed by atoms with E-state index in [-0.39, 0.29) is 5.62 Å². The summed E-state index contributed by atoms with van der Waals surface area (Å²) in [6, 6.07) is 29.6. The van der Waals surface area contributed by atoms with E-state index in [0.717, 1.165) is 50.2 Å². The predicted molar refractivity (Wildman–Crippen MR) is 176 cm³/mol. The average Bonchev–Trinajstić information content (AvgIpc) is 3.53. The second kappa shape index (κ2) is 10.9. The van der Waals surface area contributed by atoms with E-state index in [1.54, 1.807) is 17.2 Å². The predicted octanol–water partition coefficient (Wildman–Crippen LogP) is 6.81. The van der Waals surface area contributed by atoms with Crippen molar-refractivity contribution in [2.75, 3.05) is 23.9 Å². The van der Waals surface area contributed by atoms with Crippen LogP contribution < -0.4 is 15.4 Å². The van der Waals surface area contributed by atoms with E-state index in [0.29, 0.717) is 16.6 Å². The molecule has 0 fully saturated rings. The molecule has 7 aromatic rings. The summed E-state index contributed by atoms with van der Waals surface area (Å²) >= 11 is 6.10. The Bertz CT molecular complexity index is 2270. The molecule has 0 saturated carbocycles. The van der Waals surface area contributed by atoms with Crippen LogP contribution in [0.1, 0.15) is 5.56 Å². The maximum Gasteiger partial charge on any atom is 0.257 e. The number of aromatic nitrogens is 6. The first-order valence-electron chi connectivity index (χ1n) is 13.9. The van der Waals surface area contributed by atoms with Crippen molar-refractivity contribution in [1.29, 1.82) is 5.41 Å². The number of nitrogens with one attached hydrogen (secondary N) is 1. The van der Waals surface area contributed by atoms with Gasteiger partial charge in [0.1, 0.15) is 24.3 Å². The lowest BCUT2D eigenvalue weighted by Gasteiger charge is -2.21. The molecule has 0 aliphatic rings. The van der Waals surface area contributed by atoms with E-state index in [9.17, 15) is 0 Å². The molecule has 3 aromatic heterocycles. The van der Waals surface area contributed by atoms with Gasteiger partial charge in [0, 0.05) is 41.3 Å². The number of rotatable bonds is 6. The molecule has 0 spiro atoms. The van der Waals surface area contributed by atoms with Gasteiger partial charge in [-0.1, -0.05) is 41.9 Å². The van der Waals surface area contributed by atoms with Crippen LogP contribution in [0.5, 0.6) is 0 Å². The molecule has 216 valence electrons. The zero-order valence-electron chi connectivity index (χ0n) is 24.2. The highest BCUT2D eigenvalue weighted by Crippen LogP contribution is 2.33. The maximum absolute atomic E-state index is 8.84. The first-order valence-corrected chi connectivity index (χ1v) is 14.3. The first kappa shape index (κ1) is 27.2. The van der Waals surface area contributed by atoms with Gasteiger partial charge in [-0.3, -0.25) is 14.4 Å². The van der Waals surface area contributed by atoms with Gasteiger partial charge in [-0.15, -0.1) is 10.2 Å². The van der Waals surface area contributed by atoms with Crippen LogP contribution in [0, 0.1) is 12.3 Å². The number of nitrogens with zero attached hydrogens (tertiary/aromatic N) is 9. The number of para-hydroxylation sites is 2. The summed E-state index contributed by atoms with van der Waals surface area (Å²) in [4.78, 5) is 18.3. The third kappa shape index (κ3) is 4.71. The molecule has 1 N–H and O–H groups in total. The number of hydrogen-bond donors (Lipinski definition) is 1. The lowest BCUT2D eigenvalue weighted by Crippen LogP contribution is -2.26. The Kier molecular flexibility index (Phi) is 6.75. The van der Waals surface area contributed by atoms with E-state index in [1.165, 1.54) is 0 Å². The topological polar surface area (TPSA) is 104 Å². The van der Waals surface area contributed by atoms with Crippen molar-refractivity contribution in [3.8, 4) is 0 Å². The quantitative estimate of drug-likeness (QED) is 0.167. The summed E-state index contributed by atoms with van der Waals surface area (Å²) in [5.74, 6) is 1.96. The van der Waals surface area contributed by atoms with Crippen LogP contribution >= 0.6 is 11.6 Å². The lowest BCUT2D eigenvalue weighted by atomic mass is 10.1. The molecule has 11 heteroatoms. The molecule has 10 nitrogen and oxygen atoms in total. The third-order valence-electron chi connectivity index (χ3n) is 7.73. The summed E-state index contributed by atoms with van der Waals surface area (Å²) in [5.41, 5.74) is 5.43. The van der Waals surface area contributed by atoms with Crippen molar-refractivity contribution in [3.63, 3.8) is 0 Å². The van der Waals surface area contributed by atoms with Crippen molar-refractivity contribution >= 4 is 74.2 Å². The molecule has 0 bridgehead atoms. The highest BCUT2D eigenvalue weighted by atomic mass is 35.5. The molecule has 0 radical (unpaired) electrons. The summed E-state index contributed by atoms with van der Waals surface area (Å²) in [6.45, 7) is 2.01. The second-order valence-corrected chi connectivity index (χ2v) is 10.8. The Morgan fingerprint density at radius 1 is 0.795 bits per heavy atom. The van der Waals surface area contributed by atoms with Crippen molar-refractivity contribution in [2.24, 2.45) is 4.99 Å². The van der Waals surface area contributed by atoms with Gasteiger partial charge in [0.25, 0.3) is 5.78 Å². The van der Waals surface area contributed by atoms with Crippen LogP contribution in [0.25, 0.3) is 27.6 Å². The van der Waals surface area contributed by atoms with Crippen molar-refractivity contribution in [3.05, 3.63) is 114 Å². The Balaban J connectivity index is 1.27. The number of aliphatic imine (C=N–C) groups is 1. The average molecular weight is 599 g/mol. The van der Waals surface area contributed by atoms with Gasteiger partial charge >= 0.3 is 0 Å². The Morgan fingerprint density at radius 3 is 2.20 bits per heavy atom. The summed E-state index contributed by atoms with van der Waals surface area (Å²) in [7, 11) is 3.91. The third-order valence-corrected chi connectivity index (χ3v) is 7.98. The minimum atomic E-state index is 0.0615. The standard InChI is InChI=1S/C33H27ClN10/c1-21-12-15-24(42(3)31-26-9-5-7-11-29(26)44-20-37-40-33(44)39-31)18-27(21)36-19-43-28-10-6-4-8-25(28)30(38-32(43)35)41(2)23-16-13-22(34)14-17-23/h4-20,35H,1-3H3/b35-32?,36-19+. The van der Waals surface area contributed by atoms with Crippen LogP contribution in [0.3, 0.4) is 0 Å². The van der Waals surface area contributed by atoms with E-state index in [4.69, 9.17) is 27.0 Å². The van der Waals surface area contributed by atoms with Crippen LogP contribution in [0.2, 0.25) is 5.02 Å². The molecule has 0 saturated heterocycles.